The van der Waals surface area contributed by atoms with Gasteiger partial charge >= 0.3 is 17.6 Å². The first kappa shape index (κ1) is 21.6. The predicted octanol–water partition coefficient (Wildman–Crippen LogP) is -0.0506. The highest BCUT2D eigenvalue weighted by molar-refractivity contribution is 6.01. The summed E-state index contributed by atoms with van der Waals surface area (Å²) in [4.78, 5) is 61.0. The van der Waals surface area contributed by atoms with E-state index in [0.29, 0.717) is 10.1 Å². The van der Waals surface area contributed by atoms with E-state index in [2.05, 4.69) is 4.74 Å². The monoisotopic (exact) mass is 403 g/mol. The van der Waals surface area contributed by atoms with Crippen LogP contribution in [0.25, 0.3) is 0 Å². The number of nitrogens with two attached hydrogens (primary N) is 1. The second-order valence-electron chi connectivity index (χ2n) is 6.02. The van der Waals surface area contributed by atoms with Gasteiger partial charge in [0, 0.05) is 6.42 Å². The van der Waals surface area contributed by atoms with E-state index in [1.165, 1.54) is 0 Å². The van der Waals surface area contributed by atoms with E-state index in [1.807, 2.05) is 0 Å². The predicted molar refractivity (Wildman–Crippen MR) is 103 cm³/mol. The number of hydrogen-bond donors (Lipinski definition) is 1. The van der Waals surface area contributed by atoms with Crippen molar-refractivity contribution >= 4 is 23.5 Å². The molecule has 10 nitrogen and oxygen atoms in total. The van der Waals surface area contributed by atoms with E-state index in [0.717, 1.165) is 11.7 Å². The second kappa shape index (κ2) is 9.49. The number of anilines is 1. The van der Waals surface area contributed by atoms with Crippen LogP contribution in [0.5, 0.6) is 0 Å². The maximum absolute atomic E-state index is 12.8. The summed E-state index contributed by atoms with van der Waals surface area (Å²) in [5.74, 6) is -2.74. The summed E-state index contributed by atoms with van der Waals surface area (Å²) in [6.45, 7) is 0.0959. The number of hydrogen-bond acceptors (Lipinski definition) is 8. The first-order chi connectivity index (χ1) is 13.8. The summed E-state index contributed by atoms with van der Waals surface area (Å²) in [6, 6.07) is 8.73. The highest BCUT2D eigenvalue weighted by atomic mass is 16.5. The van der Waals surface area contributed by atoms with Crippen LogP contribution in [-0.4, -0.2) is 40.6 Å². The van der Waals surface area contributed by atoms with Crippen LogP contribution in [0.3, 0.4) is 0 Å². The van der Waals surface area contributed by atoms with Crippen molar-refractivity contribution in [3.63, 3.8) is 0 Å². The van der Waals surface area contributed by atoms with Gasteiger partial charge < -0.3 is 15.2 Å². The van der Waals surface area contributed by atoms with Crippen molar-refractivity contribution in [3.8, 4) is 0 Å². The Bertz CT molecular complexity index is 1040. The van der Waals surface area contributed by atoms with Gasteiger partial charge in [-0.3, -0.25) is 23.7 Å². The molecule has 0 aliphatic heterocycles. The molecule has 1 heterocycles. The van der Waals surface area contributed by atoms with Crippen LogP contribution < -0.4 is 17.0 Å². The zero-order valence-corrected chi connectivity index (χ0v) is 16.0. The standard InChI is InChI=1S/C19H21N3O7/c1-3-14(24)29-11-13(23)16-17(20)21(9-12-7-5-4-6-8-12)19(27)22(18(16)26)10-15(25)28-2/h4-8H,3,9-11,20H2,1-2H3. The average Bonchev–Trinajstić information content (AvgIpc) is 2.73. The van der Waals surface area contributed by atoms with E-state index < -0.39 is 47.7 Å². The van der Waals surface area contributed by atoms with E-state index in [1.54, 1.807) is 37.3 Å². The number of esters is 2. The molecule has 1 aromatic carbocycles. The molecule has 0 unspecified atom stereocenters. The topological polar surface area (TPSA) is 140 Å². The molecule has 0 bridgehead atoms. The Morgan fingerprint density at radius 1 is 1.03 bits per heavy atom. The van der Waals surface area contributed by atoms with Gasteiger partial charge in [0.15, 0.2) is 6.61 Å². The zero-order valence-electron chi connectivity index (χ0n) is 16.0. The molecule has 0 spiro atoms. The lowest BCUT2D eigenvalue weighted by molar-refractivity contribution is -0.142. The van der Waals surface area contributed by atoms with Crippen LogP contribution in [0.15, 0.2) is 39.9 Å². The number of nitrogens with zero attached hydrogens (tertiary/aromatic N) is 2. The molecule has 2 rings (SSSR count). The molecular formula is C19H21N3O7. The molecule has 0 aliphatic rings. The van der Waals surface area contributed by atoms with Crippen LogP contribution >= 0.6 is 0 Å². The summed E-state index contributed by atoms with van der Waals surface area (Å²) in [5.41, 5.74) is 4.20. The smallest absolute Gasteiger partial charge is 0.333 e. The van der Waals surface area contributed by atoms with Gasteiger partial charge in [0.2, 0.25) is 5.78 Å². The third-order valence-electron chi connectivity index (χ3n) is 4.10. The fourth-order valence-corrected chi connectivity index (χ4v) is 2.55. The Kier molecular flexibility index (Phi) is 7.07. The highest BCUT2D eigenvalue weighted by Crippen LogP contribution is 2.10. The van der Waals surface area contributed by atoms with E-state index >= 15 is 0 Å². The van der Waals surface area contributed by atoms with Gasteiger partial charge in [0.1, 0.15) is 17.9 Å². The van der Waals surface area contributed by atoms with Crippen molar-refractivity contribution in [1.82, 2.24) is 9.13 Å². The minimum Gasteiger partial charge on any atom is -0.468 e. The van der Waals surface area contributed by atoms with Gasteiger partial charge in [0.05, 0.1) is 13.7 Å². The lowest BCUT2D eigenvalue weighted by Crippen LogP contribution is -2.46. The number of ketones is 1. The maximum atomic E-state index is 12.8. The Labute approximate surface area is 165 Å². The van der Waals surface area contributed by atoms with Crippen molar-refractivity contribution in [2.24, 2.45) is 0 Å². The number of nitrogen functional groups attached to an aromatic ring is 1. The molecule has 2 N–H and O–H groups in total. The van der Waals surface area contributed by atoms with E-state index in [4.69, 9.17) is 10.5 Å². The Hall–Kier alpha value is -3.69. The summed E-state index contributed by atoms with van der Waals surface area (Å²) in [6.07, 6.45) is 0.0445. The van der Waals surface area contributed by atoms with Gasteiger partial charge in [-0.15, -0.1) is 0 Å². The third kappa shape index (κ3) is 4.98. The Balaban J connectivity index is 2.60. The summed E-state index contributed by atoms with van der Waals surface area (Å²) >= 11 is 0. The molecule has 0 atom stereocenters. The number of methoxy groups -OCH3 is 1. The number of ether oxygens (including phenoxy) is 2. The fraction of sp³-hybridized carbons (Fsp3) is 0.316. The van der Waals surface area contributed by atoms with Crippen molar-refractivity contribution in [2.45, 2.75) is 26.4 Å². The first-order valence-electron chi connectivity index (χ1n) is 8.72. The van der Waals surface area contributed by atoms with Gasteiger partial charge in [-0.05, 0) is 5.56 Å². The Morgan fingerprint density at radius 3 is 2.28 bits per heavy atom. The van der Waals surface area contributed by atoms with E-state index in [-0.39, 0.29) is 18.8 Å². The fourth-order valence-electron chi connectivity index (χ4n) is 2.55. The summed E-state index contributed by atoms with van der Waals surface area (Å²) in [7, 11) is 1.10. The molecule has 29 heavy (non-hydrogen) atoms. The molecule has 0 saturated heterocycles. The van der Waals surface area contributed by atoms with Gasteiger partial charge in [0.25, 0.3) is 5.56 Å². The minimum absolute atomic E-state index is 0.0397. The van der Waals surface area contributed by atoms with Gasteiger partial charge in [-0.25, -0.2) is 9.36 Å². The van der Waals surface area contributed by atoms with Crippen LogP contribution in [-0.2, 0) is 32.2 Å². The van der Waals surface area contributed by atoms with Crippen LogP contribution in [0.2, 0.25) is 0 Å². The molecule has 0 saturated carbocycles. The molecule has 0 radical (unpaired) electrons. The van der Waals surface area contributed by atoms with Crippen molar-refractivity contribution in [1.29, 1.82) is 0 Å². The molecule has 0 amide bonds. The van der Waals surface area contributed by atoms with Crippen molar-refractivity contribution < 1.29 is 23.9 Å². The number of carbonyl (C=O) groups is 3. The van der Waals surface area contributed by atoms with Crippen LogP contribution in [0, 0.1) is 0 Å². The SMILES string of the molecule is CCC(=O)OCC(=O)c1c(N)n(Cc2ccccc2)c(=O)n(CC(=O)OC)c1=O. The number of benzene rings is 1. The zero-order chi connectivity index (χ0) is 21.6. The van der Waals surface area contributed by atoms with Crippen molar-refractivity contribution in [2.75, 3.05) is 19.5 Å². The minimum atomic E-state index is -1.06. The first-order valence-corrected chi connectivity index (χ1v) is 8.72. The summed E-state index contributed by atoms with van der Waals surface area (Å²) < 4.78 is 10.9. The van der Waals surface area contributed by atoms with Crippen molar-refractivity contribution in [3.05, 3.63) is 62.3 Å². The molecule has 0 fully saturated rings. The molecule has 0 aliphatic carbocycles. The normalized spacial score (nSPS) is 10.4. The van der Waals surface area contributed by atoms with E-state index in [9.17, 15) is 24.0 Å². The lowest BCUT2D eigenvalue weighted by atomic mass is 10.2. The highest BCUT2D eigenvalue weighted by Gasteiger charge is 2.24. The lowest BCUT2D eigenvalue weighted by Gasteiger charge is -2.16. The summed E-state index contributed by atoms with van der Waals surface area (Å²) in [5, 5.41) is 0. The number of Topliss-reactive ketones (excluding diaryl/α,β-unsaturated/α-hetero) is 1. The largest absolute Gasteiger partial charge is 0.468 e. The molecular weight excluding hydrogens is 382 g/mol. The molecule has 10 heteroatoms. The second-order valence-corrected chi connectivity index (χ2v) is 6.02. The Morgan fingerprint density at radius 2 is 1.69 bits per heavy atom. The number of aromatic nitrogens is 2. The van der Waals surface area contributed by atoms with Gasteiger partial charge in [-0.1, -0.05) is 37.3 Å². The maximum Gasteiger partial charge on any atom is 0.333 e. The van der Waals surface area contributed by atoms with Crippen LogP contribution in [0.4, 0.5) is 5.82 Å². The number of rotatable bonds is 8. The molecule has 1 aromatic heterocycles. The van der Waals surface area contributed by atoms with Crippen LogP contribution in [0.1, 0.15) is 29.3 Å². The average molecular weight is 403 g/mol. The number of carbonyl (C=O) groups excluding carboxylic acids is 3. The molecule has 2 aromatic rings. The third-order valence-corrected chi connectivity index (χ3v) is 4.10. The quantitative estimate of drug-likeness (QED) is 0.478. The molecule has 154 valence electrons. The van der Waals surface area contributed by atoms with Gasteiger partial charge in [-0.2, -0.15) is 0 Å².